The van der Waals surface area contributed by atoms with E-state index in [2.05, 4.69) is 19.1 Å². The van der Waals surface area contributed by atoms with Crippen molar-refractivity contribution in [2.75, 3.05) is 0 Å². The van der Waals surface area contributed by atoms with Crippen LogP contribution in [-0.2, 0) is 0 Å². The first-order chi connectivity index (χ1) is 5.22. The van der Waals surface area contributed by atoms with E-state index in [1.165, 1.54) is 19.3 Å². The van der Waals surface area contributed by atoms with E-state index >= 15 is 0 Å². The molecule has 1 aliphatic carbocycles. The van der Waals surface area contributed by atoms with E-state index in [0.29, 0.717) is 11.5 Å². The minimum absolute atomic E-state index is 0.537. The lowest BCUT2D eigenvalue weighted by atomic mass is 9.93. The maximum Gasteiger partial charge on any atom is 0.240 e. The Hall–Kier alpha value is 0.537. The van der Waals surface area contributed by atoms with Crippen LogP contribution in [0.5, 0.6) is 0 Å². The Labute approximate surface area is 79.6 Å². The van der Waals surface area contributed by atoms with Crippen LogP contribution < -0.4 is 0 Å². The average molecular weight is 209 g/mol. The lowest BCUT2D eigenvalue weighted by molar-refractivity contribution is 0.524. The van der Waals surface area contributed by atoms with Crippen LogP contribution in [0.1, 0.15) is 26.2 Å². The van der Waals surface area contributed by atoms with Gasteiger partial charge in [0.15, 0.2) is 0 Å². The zero-order valence-electron chi connectivity index (χ0n) is 6.76. The molecule has 11 heavy (non-hydrogen) atoms. The lowest BCUT2D eigenvalue weighted by Crippen LogP contribution is -2.15. The molecule has 0 bridgehead atoms. The molecule has 0 saturated carbocycles. The van der Waals surface area contributed by atoms with Crippen molar-refractivity contribution in [3.63, 3.8) is 0 Å². The van der Waals surface area contributed by atoms with Gasteiger partial charge in [0.2, 0.25) is 7.42 Å². The van der Waals surface area contributed by atoms with Crippen LogP contribution in [-0.4, -0.2) is 7.42 Å². The summed E-state index contributed by atoms with van der Waals surface area (Å²) in [6.45, 7) is 2.18. The number of hydrogen-bond donors (Lipinski definition) is 0. The minimum atomic E-state index is -1.44. The Morgan fingerprint density at radius 2 is 2.27 bits per heavy atom. The van der Waals surface area contributed by atoms with Gasteiger partial charge in [-0.1, -0.05) is 19.1 Å². The first-order valence-corrected chi connectivity index (χ1v) is 8.32. The largest absolute Gasteiger partial charge is 0.240 e. The summed E-state index contributed by atoms with van der Waals surface area (Å²) in [4.78, 5) is 0. The predicted molar refractivity (Wildman–Crippen MR) is 54.8 cm³/mol. The molecular weight excluding hydrogens is 195 g/mol. The molecule has 0 fully saturated rings. The van der Waals surface area contributed by atoms with E-state index in [1.807, 2.05) is 0 Å². The predicted octanol–water partition coefficient (Wildman–Crippen LogP) is 3.43. The standard InChI is InChI=1S/C8H14Cl2Si/c1-7(11(9)10)8-5-3-2-4-6-8/h3,5,7-8,11H,2,4,6H2,1H3. The van der Waals surface area contributed by atoms with Crippen LogP contribution in [0.2, 0.25) is 5.54 Å². The number of rotatable bonds is 2. The fourth-order valence-corrected chi connectivity index (χ4v) is 3.28. The van der Waals surface area contributed by atoms with Crippen molar-refractivity contribution in [2.45, 2.75) is 31.7 Å². The number of allylic oxidation sites excluding steroid dienone is 2. The topological polar surface area (TPSA) is 0 Å². The average Bonchev–Trinajstić information content (AvgIpc) is 2.05. The Bertz CT molecular complexity index is 145. The van der Waals surface area contributed by atoms with Gasteiger partial charge in [0.05, 0.1) is 0 Å². The molecule has 0 amide bonds. The molecule has 0 saturated heterocycles. The summed E-state index contributed by atoms with van der Waals surface area (Å²) >= 11 is 11.9. The van der Waals surface area contributed by atoms with Crippen molar-refractivity contribution in [3.8, 4) is 0 Å². The monoisotopic (exact) mass is 208 g/mol. The summed E-state index contributed by atoms with van der Waals surface area (Å²) < 4.78 is 0. The third-order valence-electron chi connectivity index (χ3n) is 2.36. The molecule has 0 N–H and O–H groups in total. The van der Waals surface area contributed by atoms with Crippen molar-refractivity contribution < 1.29 is 0 Å². The summed E-state index contributed by atoms with van der Waals surface area (Å²) in [6, 6.07) is 0. The highest BCUT2D eigenvalue weighted by molar-refractivity contribution is 7.34. The maximum atomic E-state index is 5.93. The van der Waals surface area contributed by atoms with Gasteiger partial charge in [0.25, 0.3) is 0 Å². The van der Waals surface area contributed by atoms with Gasteiger partial charge in [-0.25, -0.2) is 0 Å². The second-order valence-electron chi connectivity index (χ2n) is 3.22. The quantitative estimate of drug-likeness (QED) is 0.371. The molecule has 64 valence electrons. The first-order valence-electron chi connectivity index (χ1n) is 4.16. The normalized spacial score (nSPS) is 27.5. The molecule has 1 aliphatic rings. The van der Waals surface area contributed by atoms with Crippen LogP contribution >= 0.6 is 22.2 Å². The Balaban J connectivity index is 2.45. The third kappa shape index (κ3) is 2.81. The smallest absolute Gasteiger partial charge is 0.150 e. The molecule has 0 aromatic rings. The van der Waals surface area contributed by atoms with Gasteiger partial charge in [-0.15, -0.1) is 0 Å². The molecule has 0 nitrogen and oxygen atoms in total. The molecular formula is C8H14Cl2Si. The van der Waals surface area contributed by atoms with Crippen LogP contribution in [0.4, 0.5) is 0 Å². The number of halogens is 2. The van der Waals surface area contributed by atoms with E-state index in [0.717, 1.165) is 0 Å². The molecule has 0 aliphatic heterocycles. The molecule has 0 heterocycles. The number of hydrogen-bond acceptors (Lipinski definition) is 0. The first kappa shape index (κ1) is 9.62. The minimum Gasteiger partial charge on any atom is -0.150 e. The van der Waals surface area contributed by atoms with E-state index in [-0.39, 0.29) is 0 Å². The van der Waals surface area contributed by atoms with E-state index in [9.17, 15) is 0 Å². The summed E-state index contributed by atoms with van der Waals surface area (Å²) in [5.41, 5.74) is 0.537. The van der Waals surface area contributed by atoms with Gasteiger partial charge in [0.1, 0.15) is 0 Å². The fraction of sp³-hybridized carbons (Fsp3) is 0.750. The highest BCUT2D eigenvalue weighted by Gasteiger charge is 2.22. The molecule has 2 atom stereocenters. The Kier molecular flexibility index (Phi) is 3.97. The highest BCUT2D eigenvalue weighted by atomic mass is 35.7. The van der Waals surface area contributed by atoms with Crippen molar-refractivity contribution in [1.29, 1.82) is 0 Å². The van der Waals surface area contributed by atoms with E-state index in [1.54, 1.807) is 0 Å². The second kappa shape index (κ2) is 4.54. The van der Waals surface area contributed by atoms with Gasteiger partial charge in [-0.2, -0.15) is 22.2 Å². The third-order valence-corrected chi connectivity index (χ3v) is 6.04. The highest BCUT2D eigenvalue weighted by Crippen LogP contribution is 2.32. The van der Waals surface area contributed by atoms with Crippen LogP contribution in [0.15, 0.2) is 12.2 Å². The van der Waals surface area contributed by atoms with Gasteiger partial charge in [-0.3, -0.25) is 0 Å². The van der Waals surface area contributed by atoms with Gasteiger partial charge < -0.3 is 0 Å². The van der Waals surface area contributed by atoms with Gasteiger partial charge in [-0.05, 0) is 30.7 Å². The maximum absolute atomic E-state index is 5.93. The van der Waals surface area contributed by atoms with Crippen molar-refractivity contribution in [3.05, 3.63) is 12.2 Å². The van der Waals surface area contributed by atoms with Crippen LogP contribution in [0, 0.1) is 5.92 Å². The molecule has 1 rings (SSSR count). The summed E-state index contributed by atoms with van der Waals surface area (Å²) in [6.07, 6.45) is 8.37. The van der Waals surface area contributed by atoms with Crippen molar-refractivity contribution in [2.24, 2.45) is 5.92 Å². The van der Waals surface area contributed by atoms with E-state index in [4.69, 9.17) is 22.2 Å². The molecule has 3 heteroatoms. The summed E-state index contributed by atoms with van der Waals surface area (Å²) in [5.74, 6) is 0.662. The van der Waals surface area contributed by atoms with Crippen LogP contribution in [0.25, 0.3) is 0 Å². The second-order valence-corrected chi connectivity index (χ2v) is 8.43. The van der Waals surface area contributed by atoms with Gasteiger partial charge in [0, 0.05) is 0 Å². The van der Waals surface area contributed by atoms with Crippen molar-refractivity contribution >= 4 is 29.6 Å². The molecule has 2 unspecified atom stereocenters. The van der Waals surface area contributed by atoms with Crippen LogP contribution in [0.3, 0.4) is 0 Å². The van der Waals surface area contributed by atoms with Crippen molar-refractivity contribution in [1.82, 2.24) is 0 Å². The SMILES string of the molecule is CC(C1C=CCCC1)[SiH](Cl)Cl. The lowest BCUT2D eigenvalue weighted by Gasteiger charge is -2.23. The summed E-state index contributed by atoms with van der Waals surface area (Å²) in [7, 11) is -1.44. The summed E-state index contributed by atoms with van der Waals surface area (Å²) in [5, 5.41) is 0. The zero-order chi connectivity index (χ0) is 8.27. The van der Waals surface area contributed by atoms with Gasteiger partial charge >= 0.3 is 0 Å². The fourth-order valence-electron chi connectivity index (χ4n) is 1.46. The molecule has 0 radical (unpaired) electrons. The Morgan fingerprint density at radius 3 is 2.73 bits per heavy atom. The Morgan fingerprint density at radius 1 is 1.55 bits per heavy atom. The molecule has 0 aromatic heterocycles. The zero-order valence-corrected chi connectivity index (χ0v) is 9.43. The molecule has 0 spiro atoms. The molecule has 0 aromatic carbocycles. The van der Waals surface area contributed by atoms with E-state index < -0.39 is 7.42 Å².